The van der Waals surface area contributed by atoms with E-state index in [9.17, 15) is 0 Å². The van der Waals surface area contributed by atoms with Crippen molar-refractivity contribution in [2.75, 3.05) is 0 Å². The number of hydrogen-bond donors (Lipinski definition) is 0. The Kier molecular flexibility index (Phi) is 9.33. The maximum Gasteiger partial charge on any atom is -0.0324 e. The second-order valence-corrected chi connectivity index (χ2v) is 9.11. The molecule has 0 amide bonds. The van der Waals surface area contributed by atoms with Gasteiger partial charge in [-0.3, -0.25) is 0 Å². The van der Waals surface area contributed by atoms with Crippen LogP contribution in [0.2, 0.25) is 0 Å². The summed E-state index contributed by atoms with van der Waals surface area (Å²) in [4.78, 5) is 0. The molecule has 0 saturated heterocycles. The highest BCUT2D eigenvalue weighted by atomic mass is 14.6. The summed E-state index contributed by atoms with van der Waals surface area (Å²) in [6.07, 6.45) is 0. The van der Waals surface area contributed by atoms with E-state index in [-0.39, 0.29) is 0 Å². The van der Waals surface area contributed by atoms with Gasteiger partial charge in [-0.25, -0.2) is 0 Å². The van der Waals surface area contributed by atoms with Gasteiger partial charge in [0.2, 0.25) is 0 Å². The zero-order valence-corrected chi connectivity index (χ0v) is 17.8. The predicted molar refractivity (Wildman–Crippen MR) is 103 cm³/mol. The molecule has 1 aliphatic rings. The van der Waals surface area contributed by atoms with E-state index in [0.717, 1.165) is 59.2 Å². The van der Waals surface area contributed by atoms with Gasteiger partial charge in [0.25, 0.3) is 0 Å². The monoisotopic (exact) mass is 310 g/mol. The summed E-state index contributed by atoms with van der Waals surface area (Å²) < 4.78 is 0. The molecule has 0 atom stereocenters. The van der Waals surface area contributed by atoms with Crippen molar-refractivity contribution < 1.29 is 0 Å². The second kappa shape index (κ2) is 9.33. The van der Waals surface area contributed by atoms with Crippen LogP contribution in [0.25, 0.3) is 0 Å². The third kappa shape index (κ3) is 4.51. The lowest BCUT2D eigenvalue weighted by molar-refractivity contribution is 0.131. The normalized spacial score (nSPS) is 32.3. The van der Waals surface area contributed by atoms with Crippen LogP contribution < -0.4 is 0 Å². The van der Waals surface area contributed by atoms with Crippen LogP contribution in [-0.4, -0.2) is 0 Å². The van der Waals surface area contributed by atoms with Gasteiger partial charge in [0, 0.05) is 0 Å². The van der Waals surface area contributed by atoms with Crippen LogP contribution >= 0.6 is 0 Å². The van der Waals surface area contributed by atoms with Crippen molar-refractivity contribution >= 4 is 0 Å². The molecule has 0 heterocycles. The fourth-order valence-electron chi connectivity index (χ4n) is 5.73. The Hall–Kier alpha value is 0. The molecule has 0 bridgehead atoms. The zero-order valence-electron chi connectivity index (χ0n) is 17.8. The Morgan fingerprint density at radius 2 is 0.409 bits per heavy atom. The average molecular weight is 311 g/mol. The molecule has 0 radical (unpaired) electrons. The molecule has 1 aliphatic carbocycles. The summed E-state index contributed by atoms with van der Waals surface area (Å²) in [7, 11) is 0. The highest BCUT2D eigenvalue weighted by molar-refractivity contribution is 5.01. The Bertz CT molecular complexity index is 205. The molecule has 0 aromatic carbocycles. The van der Waals surface area contributed by atoms with Gasteiger partial charge < -0.3 is 0 Å². The van der Waals surface area contributed by atoms with Crippen molar-refractivity contribution in [2.45, 2.75) is 83.1 Å². The van der Waals surface area contributed by atoms with Crippen molar-refractivity contribution in [3.05, 3.63) is 0 Å². The maximum atomic E-state index is 2.47. The number of rotatable bonds is 5. The molecule has 1 saturated carbocycles. The predicted octanol–water partition coefficient (Wildman–Crippen LogP) is 7.39. The minimum atomic E-state index is 0.819. The Balaban J connectivity index is 0.00000211. The Morgan fingerprint density at radius 1 is 0.318 bits per heavy atom. The van der Waals surface area contributed by atoms with E-state index in [4.69, 9.17) is 0 Å². The summed E-state index contributed by atoms with van der Waals surface area (Å²) in [6, 6.07) is 0. The molecule has 22 heavy (non-hydrogen) atoms. The first-order chi connectivity index (χ1) is 10.1. The van der Waals surface area contributed by atoms with Gasteiger partial charge in [-0.05, 0) is 59.2 Å². The van der Waals surface area contributed by atoms with E-state index >= 15 is 0 Å². The maximum absolute atomic E-state index is 2.47. The summed E-state index contributed by atoms with van der Waals surface area (Å²) in [5.74, 6) is 8.66. The zero-order chi connectivity index (χ0) is 17.8. The Labute approximate surface area is 142 Å². The first-order valence-electron chi connectivity index (χ1n) is 10.1. The topological polar surface area (TPSA) is 0 Å². The van der Waals surface area contributed by atoms with E-state index in [1.165, 1.54) is 0 Å². The van der Waals surface area contributed by atoms with Crippen molar-refractivity contribution in [3.8, 4) is 0 Å². The van der Waals surface area contributed by atoms with Crippen LogP contribution in [0.1, 0.15) is 83.1 Å². The first-order valence-corrected chi connectivity index (χ1v) is 10.1. The van der Waals surface area contributed by atoms with E-state index in [0.29, 0.717) is 0 Å². The van der Waals surface area contributed by atoms with Crippen LogP contribution in [0.3, 0.4) is 0 Å². The van der Waals surface area contributed by atoms with Gasteiger partial charge in [-0.15, -0.1) is 0 Å². The lowest BCUT2D eigenvalue weighted by atomic mass is 9.70. The molecule has 0 unspecified atom stereocenters. The fourth-order valence-corrected chi connectivity index (χ4v) is 5.73. The lowest BCUT2D eigenvalue weighted by Gasteiger charge is -2.35. The molecule has 0 N–H and O–H groups in total. The van der Waals surface area contributed by atoms with E-state index in [2.05, 4.69) is 69.2 Å². The largest absolute Gasteiger partial charge is 0.0683 e. The van der Waals surface area contributed by atoms with Crippen LogP contribution in [-0.2, 0) is 0 Å². The van der Waals surface area contributed by atoms with E-state index in [1.54, 1.807) is 0 Å². The van der Waals surface area contributed by atoms with Gasteiger partial charge in [0.05, 0.1) is 0 Å². The molecule has 134 valence electrons. The van der Waals surface area contributed by atoms with Crippen LogP contribution in [0.4, 0.5) is 0 Å². The van der Waals surface area contributed by atoms with Crippen LogP contribution in [0.15, 0.2) is 0 Å². The molecule has 0 heteroatoms. The van der Waals surface area contributed by atoms with Crippen molar-refractivity contribution in [1.29, 1.82) is 0 Å². The van der Waals surface area contributed by atoms with Crippen LogP contribution in [0, 0.1) is 59.2 Å². The summed E-state index contributed by atoms with van der Waals surface area (Å²) in [6.45, 7) is 28.7. The minimum Gasteiger partial charge on any atom is -0.0683 e. The molecular formula is C22H46. The summed E-state index contributed by atoms with van der Waals surface area (Å²) >= 11 is 0. The fraction of sp³-hybridized carbons (Fsp3) is 1.00. The molecular weight excluding hydrogens is 264 g/mol. The van der Waals surface area contributed by atoms with Crippen molar-refractivity contribution in [1.82, 2.24) is 0 Å². The smallest absolute Gasteiger partial charge is 0.0324 e. The SMILES string of the molecule is CC.CC(C)C1C(C(C)C)C(C(C)C)C(C(C)C)C1C(C)C. The standard InChI is InChI=1S/C20H40.C2H6/c1-11(2)16-17(12(3)4)19(14(7)8)20(15(9)10)18(16)13(5)6;1-2/h11-20H,1-10H3;1-2H3. The molecule has 0 aliphatic heterocycles. The molecule has 0 spiro atoms. The van der Waals surface area contributed by atoms with Gasteiger partial charge in [-0.1, -0.05) is 83.1 Å². The first kappa shape index (κ1) is 22.0. The molecule has 0 aromatic heterocycles. The van der Waals surface area contributed by atoms with E-state index < -0.39 is 0 Å². The molecule has 0 aromatic rings. The summed E-state index contributed by atoms with van der Waals surface area (Å²) in [5.41, 5.74) is 0. The van der Waals surface area contributed by atoms with Gasteiger partial charge in [-0.2, -0.15) is 0 Å². The average Bonchev–Trinajstić information content (AvgIpc) is 2.77. The lowest BCUT2D eigenvalue weighted by Crippen LogP contribution is -2.29. The quantitative estimate of drug-likeness (QED) is 0.496. The highest BCUT2D eigenvalue weighted by Gasteiger charge is 2.54. The molecule has 1 fully saturated rings. The third-order valence-electron chi connectivity index (χ3n) is 6.07. The van der Waals surface area contributed by atoms with Crippen molar-refractivity contribution in [3.63, 3.8) is 0 Å². The molecule has 0 nitrogen and oxygen atoms in total. The minimum absolute atomic E-state index is 0.819. The van der Waals surface area contributed by atoms with Gasteiger partial charge >= 0.3 is 0 Å². The highest BCUT2D eigenvalue weighted by Crippen LogP contribution is 2.58. The van der Waals surface area contributed by atoms with Crippen molar-refractivity contribution in [2.24, 2.45) is 59.2 Å². The van der Waals surface area contributed by atoms with E-state index in [1.807, 2.05) is 13.8 Å². The van der Waals surface area contributed by atoms with Crippen LogP contribution in [0.5, 0.6) is 0 Å². The number of hydrogen-bond acceptors (Lipinski definition) is 0. The third-order valence-corrected chi connectivity index (χ3v) is 6.07. The Morgan fingerprint density at radius 3 is 0.455 bits per heavy atom. The van der Waals surface area contributed by atoms with Gasteiger partial charge in [0.1, 0.15) is 0 Å². The second-order valence-electron chi connectivity index (χ2n) is 9.11. The molecule has 1 rings (SSSR count). The van der Waals surface area contributed by atoms with Gasteiger partial charge in [0.15, 0.2) is 0 Å². The summed E-state index contributed by atoms with van der Waals surface area (Å²) in [5, 5.41) is 0.